The van der Waals surface area contributed by atoms with Gasteiger partial charge < -0.3 is 28.5 Å². The number of rotatable bonds is 69. The van der Waals surface area contributed by atoms with Gasteiger partial charge in [-0.1, -0.05) is 345 Å². The minimum absolute atomic E-state index is 0.174. The summed E-state index contributed by atoms with van der Waals surface area (Å²) < 4.78 is 23.0. The Labute approximate surface area is 527 Å². The minimum Gasteiger partial charge on any atom is -0.477 e. The van der Waals surface area contributed by atoms with Crippen LogP contribution in [0.1, 0.15) is 361 Å². The summed E-state index contributed by atoms with van der Waals surface area (Å²) in [6, 6.07) is 0. The Morgan fingerprint density at radius 2 is 0.671 bits per heavy atom. The van der Waals surface area contributed by atoms with Gasteiger partial charge in [0.15, 0.2) is 6.10 Å². The number of allylic oxidation sites excluding steroid dienone is 8. The third kappa shape index (κ3) is 68.6. The highest BCUT2D eigenvalue weighted by atomic mass is 16.7. The second-order valence-electron chi connectivity index (χ2n) is 26.2. The molecular formula is C76H142NO8+. The summed E-state index contributed by atoms with van der Waals surface area (Å²) in [5, 5.41) is 9.74. The van der Waals surface area contributed by atoms with Crippen LogP contribution < -0.4 is 0 Å². The van der Waals surface area contributed by atoms with Crippen LogP contribution in [-0.4, -0.2) is 87.4 Å². The average Bonchev–Trinajstić information content (AvgIpc) is 3.49. The minimum atomic E-state index is -1.51. The molecule has 0 radical (unpaired) electrons. The van der Waals surface area contributed by atoms with E-state index in [1.807, 2.05) is 21.1 Å². The number of carbonyl (C=O) groups excluding carboxylic acids is 2. The summed E-state index contributed by atoms with van der Waals surface area (Å²) in [7, 11) is 5.99. The molecule has 0 saturated heterocycles. The summed E-state index contributed by atoms with van der Waals surface area (Å²) >= 11 is 0. The predicted molar refractivity (Wildman–Crippen MR) is 364 cm³/mol. The number of quaternary nitrogens is 1. The molecule has 0 heterocycles. The van der Waals surface area contributed by atoms with E-state index >= 15 is 0 Å². The van der Waals surface area contributed by atoms with E-state index in [-0.39, 0.29) is 38.2 Å². The molecule has 498 valence electrons. The van der Waals surface area contributed by atoms with Crippen LogP contribution in [0.5, 0.6) is 0 Å². The lowest BCUT2D eigenvalue weighted by molar-refractivity contribution is -0.870. The van der Waals surface area contributed by atoms with E-state index in [9.17, 15) is 19.5 Å². The number of esters is 2. The van der Waals surface area contributed by atoms with Crippen LogP contribution in [0.4, 0.5) is 0 Å². The highest BCUT2D eigenvalue weighted by Gasteiger charge is 2.25. The van der Waals surface area contributed by atoms with Crippen molar-refractivity contribution in [2.75, 3.05) is 47.5 Å². The molecule has 1 N–H and O–H groups in total. The maximum absolute atomic E-state index is 12.9. The van der Waals surface area contributed by atoms with Crippen LogP contribution in [0.2, 0.25) is 0 Å². The van der Waals surface area contributed by atoms with Gasteiger partial charge in [-0.15, -0.1) is 0 Å². The SMILES string of the molecule is CC/C=C\C/C=C\C/C=C\C/C=C\CCCCCCCCCCCCCCCCCCCCCCCCCCCCCCC(=O)OC(COC(=O)CCCCCCCCCCCCCCCCCCCCC)COC(OCC[N+](C)(C)C)C(=O)O. The topological polar surface area (TPSA) is 108 Å². The van der Waals surface area contributed by atoms with Gasteiger partial charge in [0, 0.05) is 12.8 Å². The van der Waals surface area contributed by atoms with Gasteiger partial charge in [-0.2, -0.15) is 0 Å². The molecule has 0 spiro atoms. The lowest BCUT2D eigenvalue weighted by atomic mass is 10.0. The molecule has 0 aromatic carbocycles. The molecule has 9 heteroatoms. The maximum Gasteiger partial charge on any atom is 0.361 e. The summed E-state index contributed by atoms with van der Waals surface area (Å²) in [5.41, 5.74) is 0. The first kappa shape index (κ1) is 82.2. The molecule has 0 aliphatic heterocycles. The number of carbonyl (C=O) groups is 3. The Morgan fingerprint density at radius 3 is 1.00 bits per heavy atom. The second-order valence-corrected chi connectivity index (χ2v) is 26.2. The lowest BCUT2D eigenvalue weighted by Gasteiger charge is -2.25. The van der Waals surface area contributed by atoms with Crippen LogP contribution >= 0.6 is 0 Å². The summed E-state index contributed by atoms with van der Waals surface area (Å²) in [6.07, 6.45) is 84.0. The lowest BCUT2D eigenvalue weighted by Crippen LogP contribution is -2.40. The fraction of sp³-hybridized carbons (Fsp3) is 0.855. The fourth-order valence-corrected chi connectivity index (χ4v) is 11.0. The molecule has 0 bridgehead atoms. The number of aliphatic carboxylic acids is 1. The highest BCUT2D eigenvalue weighted by molar-refractivity contribution is 5.71. The summed E-state index contributed by atoms with van der Waals surface area (Å²) in [4.78, 5) is 37.6. The number of hydrogen-bond donors (Lipinski definition) is 1. The number of ether oxygens (including phenoxy) is 4. The molecule has 0 rings (SSSR count). The molecule has 0 saturated carbocycles. The van der Waals surface area contributed by atoms with E-state index in [4.69, 9.17) is 18.9 Å². The molecule has 0 aromatic rings. The predicted octanol–water partition coefficient (Wildman–Crippen LogP) is 22.9. The van der Waals surface area contributed by atoms with Crippen molar-refractivity contribution in [1.82, 2.24) is 0 Å². The van der Waals surface area contributed by atoms with Gasteiger partial charge in [0.05, 0.1) is 34.4 Å². The number of carboxylic acids is 1. The zero-order valence-electron chi connectivity index (χ0n) is 57.0. The number of hydrogen-bond acceptors (Lipinski definition) is 7. The van der Waals surface area contributed by atoms with Crippen molar-refractivity contribution in [3.8, 4) is 0 Å². The Kier molecular flexibility index (Phi) is 65.0. The van der Waals surface area contributed by atoms with E-state index in [0.717, 1.165) is 64.2 Å². The monoisotopic (exact) mass is 1200 g/mol. The van der Waals surface area contributed by atoms with E-state index in [2.05, 4.69) is 62.5 Å². The Hall–Kier alpha value is -2.75. The van der Waals surface area contributed by atoms with Gasteiger partial charge in [0.2, 0.25) is 0 Å². The van der Waals surface area contributed by atoms with Crippen molar-refractivity contribution in [3.63, 3.8) is 0 Å². The van der Waals surface area contributed by atoms with Crippen LogP contribution in [0.15, 0.2) is 48.6 Å². The smallest absolute Gasteiger partial charge is 0.361 e. The third-order valence-corrected chi connectivity index (χ3v) is 16.6. The second kappa shape index (κ2) is 67.2. The highest BCUT2D eigenvalue weighted by Crippen LogP contribution is 2.19. The summed E-state index contributed by atoms with van der Waals surface area (Å²) in [5.74, 6) is -1.97. The van der Waals surface area contributed by atoms with Crippen molar-refractivity contribution >= 4 is 17.9 Å². The molecule has 0 fully saturated rings. The van der Waals surface area contributed by atoms with Crippen molar-refractivity contribution in [3.05, 3.63) is 48.6 Å². The van der Waals surface area contributed by atoms with Crippen molar-refractivity contribution in [2.24, 2.45) is 0 Å². The van der Waals surface area contributed by atoms with Gasteiger partial charge >= 0.3 is 17.9 Å². The average molecular weight is 1200 g/mol. The molecule has 0 aromatic heterocycles. The van der Waals surface area contributed by atoms with E-state index in [0.29, 0.717) is 17.4 Å². The molecule has 0 aliphatic rings. The molecular weight excluding hydrogens is 1050 g/mol. The Morgan fingerprint density at radius 1 is 0.365 bits per heavy atom. The van der Waals surface area contributed by atoms with Gasteiger partial charge in [-0.25, -0.2) is 4.79 Å². The maximum atomic E-state index is 12.9. The van der Waals surface area contributed by atoms with Crippen LogP contribution in [0.25, 0.3) is 0 Å². The first-order chi connectivity index (χ1) is 41.6. The van der Waals surface area contributed by atoms with Crippen molar-refractivity contribution < 1.29 is 42.9 Å². The van der Waals surface area contributed by atoms with Crippen molar-refractivity contribution in [2.45, 2.75) is 373 Å². The van der Waals surface area contributed by atoms with Gasteiger partial charge in [-0.3, -0.25) is 9.59 Å². The van der Waals surface area contributed by atoms with E-state index < -0.39 is 18.4 Å². The normalized spacial score (nSPS) is 12.9. The molecule has 85 heavy (non-hydrogen) atoms. The van der Waals surface area contributed by atoms with Crippen LogP contribution in [0.3, 0.4) is 0 Å². The molecule has 2 atom stereocenters. The van der Waals surface area contributed by atoms with E-state index in [1.54, 1.807) is 0 Å². The van der Waals surface area contributed by atoms with Crippen LogP contribution in [0, 0.1) is 0 Å². The summed E-state index contributed by atoms with van der Waals surface area (Å²) in [6.45, 7) is 4.83. The Bertz CT molecular complexity index is 1530. The van der Waals surface area contributed by atoms with Gasteiger partial charge in [-0.05, 0) is 51.4 Å². The zero-order chi connectivity index (χ0) is 61.9. The van der Waals surface area contributed by atoms with Crippen molar-refractivity contribution in [1.29, 1.82) is 0 Å². The van der Waals surface area contributed by atoms with Gasteiger partial charge in [0.25, 0.3) is 6.29 Å². The zero-order valence-corrected chi connectivity index (χ0v) is 57.0. The first-order valence-electron chi connectivity index (χ1n) is 36.8. The standard InChI is InChI=1S/C76H141NO8/c1-6-8-10-12-14-16-18-20-22-24-26-27-28-29-30-31-32-33-34-35-36-37-38-39-40-41-42-43-44-45-46-47-49-51-53-55-57-59-61-63-65-67-74(79)85-72(71-84-76(75(80)81)82-69-68-77(3,4)5)70-83-73(78)66-64-62-60-58-56-54-52-50-48-25-23-21-19-17-15-13-11-9-7-2/h8,10,14,16,20,22,26-27,72,76H,6-7,9,11-13,15,17-19,21,23-25,28-71H2,1-5H3/p+1/b10-8-,16-14-,22-20-,27-26-. The Balaban J connectivity index is 3.92. The van der Waals surface area contributed by atoms with E-state index in [1.165, 1.54) is 270 Å². The molecule has 2 unspecified atom stereocenters. The number of likely N-dealkylation sites (N-methyl/N-ethyl adjacent to an activating group) is 1. The molecule has 0 amide bonds. The van der Waals surface area contributed by atoms with Crippen LogP contribution in [-0.2, 0) is 33.3 Å². The first-order valence-corrected chi connectivity index (χ1v) is 36.8. The number of unbranched alkanes of at least 4 members (excludes halogenated alkanes) is 46. The fourth-order valence-electron chi connectivity index (χ4n) is 11.0. The quantitative estimate of drug-likeness (QED) is 0.0211. The largest absolute Gasteiger partial charge is 0.477 e. The number of carboxylic acid groups (broad SMARTS) is 1. The number of nitrogens with zero attached hydrogens (tertiary/aromatic N) is 1. The molecule has 0 aliphatic carbocycles. The molecule has 9 nitrogen and oxygen atoms in total. The third-order valence-electron chi connectivity index (χ3n) is 16.6. The van der Waals surface area contributed by atoms with Gasteiger partial charge in [0.1, 0.15) is 13.2 Å².